The summed E-state index contributed by atoms with van der Waals surface area (Å²) in [7, 11) is 0. The van der Waals surface area contributed by atoms with Crippen LogP contribution in [0.5, 0.6) is 0 Å². The molecule has 1 aliphatic carbocycles. The van der Waals surface area contributed by atoms with Crippen LogP contribution in [0.4, 0.5) is 13.2 Å². The number of alkyl halides is 3. The maximum atomic E-state index is 13.2. The van der Waals surface area contributed by atoms with Crippen molar-refractivity contribution in [2.75, 3.05) is 0 Å². The molecule has 0 bridgehead atoms. The number of carbonyl (C=O) groups excluding carboxylic acids is 1. The van der Waals surface area contributed by atoms with Gasteiger partial charge in [0.25, 0.3) is 5.91 Å². The second kappa shape index (κ2) is 9.07. The number of hydrogen-bond donors (Lipinski definition) is 2. The Kier molecular flexibility index (Phi) is 6.36. The zero-order valence-electron chi connectivity index (χ0n) is 17.3. The van der Waals surface area contributed by atoms with Crippen LogP contribution in [0.2, 0.25) is 5.02 Å². The predicted molar refractivity (Wildman–Crippen MR) is 115 cm³/mol. The minimum atomic E-state index is -4.73. The van der Waals surface area contributed by atoms with Crippen LogP contribution >= 0.6 is 11.6 Å². The molecular weight excluding hydrogens is 457 g/mol. The Labute approximate surface area is 192 Å². The molecule has 1 saturated carbocycles. The van der Waals surface area contributed by atoms with Gasteiger partial charge in [0.05, 0.1) is 22.2 Å². The molecule has 1 atom stereocenters. The first-order valence-electron chi connectivity index (χ1n) is 10.3. The molecule has 3 aromatic rings. The first kappa shape index (κ1) is 23.1. The summed E-state index contributed by atoms with van der Waals surface area (Å²) in [6.45, 7) is 0. The van der Waals surface area contributed by atoms with Gasteiger partial charge < -0.3 is 10.4 Å². The van der Waals surface area contributed by atoms with Crippen molar-refractivity contribution in [3.8, 4) is 11.1 Å². The molecule has 172 valence electrons. The number of aromatic nitrogens is 3. The van der Waals surface area contributed by atoms with E-state index in [0.29, 0.717) is 24.5 Å². The van der Waals surface area contributed by atoms with Crippen molar-refractivity contribution in [1.29, 1.82) is 0 Å². The SMILES string of the molecule is O=C(NC(c1cccc(-c2cncnc2)c1)C1(O)CCCC1)c1nccc(C(F)(F)F)c1Cl. The average molecular weight is 477 g/mol. The summed E-state index contributed by atoms with van der Waals surface area (Å²) in [6, 6.07) is 6.98. The van der Waals surface area contributed by atoms with Gasteiger partial charge in [0.1, 0.15) is 12.0 Å². The van der Waals surface area contributed by atoms with Crippen molar-refractivity contribution in [2.45, 2.75) is 43.5 Å². The van der Waals surface area contributed by atoms with E-state index in [-0.39, 0.29) is 0 Å². The van der Waals surface area contributed by atoms with E-state index >= 15 is 0 Å². The fraction of sp³-hybridized carbons (Fsp3) is 0.304. The maximum Gasteiger partial charge on any atom is 0.417 e. The monoisotopic (exact) mass is 476 g/mol. The lowest BCUT2D eigenvalue weighted by Gasteiger charge is -2.34. The molecule has 1 aliphatic rings. The molecular formula is C23H20ClF3N4O2. The standard InChI is InChI=1S/C23H20ClF3N4O2/c24-18-17(23(25,26)27)6-9-30-19(18)21(32)31-20(22(33)7-1-2-8-22)15-5-3-4-14(10-15)16-11-28-13-29-12-16/h3-6,9-13,20,33H,1-2,7-8H2,(H,31,32). The molecule has 1 fully saturated rings. The van der Waals surface area contributed by atoms with E-state index in [9.17, 15) is 23.1 Å². The summed E-state index contributed by atoms with van der Waals surface area (Å²) in [5.74, 6) is -0.898. The van der Waals surface area contributed by atoms with Gasteiger partial charge in [-0.2, -0.15) is 13.2 Å². The number of benzene rings is 1. The minimum absolute atomic E-state index is 0.431. The van der Waals surface area contributed by atoms with E-state index in [4.69, 9.17) is 11.6 Å². The fourth-order valence-corrected chi connectivity index (χ4v) is 4.47. The van der Waals surface area contributed by atoms with Crippen LogP contribution in [-0.4, -0.2) is 31.6 Å². The molecule has 2 aromatic heterocycles. The van der Waals surface area contributed by atoms with Crippen LogP contribution in [0.1, 0.15) is 53.3 Å². The number of amides is 1. The minimum Gasteiger partial charge on any atom is -0.387 e. The van der Waals surface area contributed by atoms with E-state index in [1.54, 1.807) is 30.6 Å². The summed E-state index contributed by atoms with van der Waals surface area (Å²) in [6.07, 6.45) is 3.22. The maximum absolute atomic E-state index is 13.2. The van der Waals surface area contributed by atoms with Gasteiger partial charge in [-0.25, -0.2) is 15.0 Å². The van der Waals surface area contributed by atoms with E-state index in [1.165, 1.54) is 6.33 Å². The summed E-state index contributed by atoms with van der Waals surface area (Å²) in [4.78, 5) is 24.8. The van der Waals surface area contributed by atoms with Gasteiger partial charge in [-0.15, -0.1) is 0 Å². The van der Waals surface area contributed by atoms with Crippen molar-refractivity contribution in [1.82, 2.24) is 20.3 Å². The molecule has 0 spiro atoms. The third-order valence-electron chi connectivity index (χ3n) is 5.81. The lowest BCUT2D eigenvalue weighted by molar-refractivity contribution is -0.137. The first-order chi connectivity index (χ1) is 15.7. The van der Waals surface area contributed by atoms with Crippen LogP contribution in [0.15, 0.2) is 55.2 Å². The van der Waals surface area contributed by atoms with Gasteiger partial charge in [-0.05, 0) is 36.1 Å². The third kappa shape index (κ3) is 4.84. The van der Waals surface area contributed by atoms with Gasteiger partial charge in [-0.1, -0.05) is 42.6 Å². The van der Waals surface area contributed by atoms with E-state index in [0.717, 1.165) is 30.2 Å². The van der Waals surface area contributed by atoms with Crippen molar-refractivity contribution < 1.29 is 23.1 Å². The molecule has 33 heavy (non-hydrogen) atoms. The fourth-order valence-electron chi connectivity index (χ4n) is 4.17. The molecule has 4 rings (SSSR count). The number of rotatable bonds is 5. The van der Waals surface area contributed by atoms with Gasteiger partial charge in [0.15, 0.2) is 0 Å². The number of carbonyl (C=O) groups is 1. The Balaban J connectivity index is 1.71. The Morgan fingerprint density at radius 3 is 2.48 bits per heavy atom. The lowest BCUT2D eigenvalue weighted by Crippen LogP contribution is -2.44. The zero-order chi connectivity index (χ0) is 23.6. The highest BCUT2D eigenvalue weighted by Crippen LogP contribution is 2.41. The zero-order valence-corrected chi connectivity index (χ0v) is 18.1. The largest absolute Gasteiger partial charge is 0.417 e. The normalized spacial score (nSPS) is 16.4. The summed E-state index contributed by atoms with van der Waals surface area (Å²) >= 11 is 5.90. The molecule has 0 saturated heterocycles. The molecule has 2 N–H and O–H groups in total. The summed E-state index contributed by atoms with van der Waals surface area (Å²) in [5, 5.41) is 13.3. The predicted octanol–water partition coefficient (Wildman–Crippen LogP) is 4.99. The van der Waals surface area contributed by atoms with E-state index < -0.39 is 40.0 Å². The molecule has 2 heterocycles. The summed E-state index contributed by atoms with van der Waals surface area (Å²) in [5.41, 5.74) is -0.862. The number of pyridine rings is 1. The Hall–Kier alpha value is -3.04. The second-order valence-electron chi connectivity index (χ2n) is 7.99. The lowest BCUT2D eigenvalue weighted by atomic mass is 9.86. The van der Waals surface area contributed by atoms with Gasteiger partial charge in [0, 0.05) is 24.2 Å². The number of halogens is 4. The summed E-state index contributed by atoms with van der Waals surface area (Å²) < 4.78 is 39.7. The van der Waals surface area contributed by atoms with Crippen LogP contribution in [-0.2, 0) is 6.18 Å². The van der Waals surface area contributed by atoms with Crippen LogP contribution < -0.4 is 5.32 Å². The topological polar surface area (TPSA) is 88.0 Å². The van der Waals surface area contributed by atoms with Gasteiger partial charge in [-0.3, -0.25) is 4.79 Å². The van der Waals surface area contributed by atoms with Crippen LogP contribution in [0, 0.1) is 0 Å². The van der Waals surface area contributed by atoms with Crippen LogP contribution in [0.25, 0.3) is 11.1 Å². The van der Waals surface area contributed by atoms with E-state index in [1.807, 2.05) is 6.07 Å². The number of aliphatic hydroxyl groups is 1. The Morgan fingerprint density at radius 1 is 1.12 bits per heavy atom. The highest BCUT2D eigenvalue weighted by atomic mass is 35.5. The molecule has 1 amide bonds. The molecule has 6 nitrogen and oxygen atoms in total. The Bertz CT molecular complexity index is 1150. The first-order valence-corrected chi connectivity index (χ1v) is 10.7. The number of nitrogens with one attached hydrogen (secondary N) is 1. The smallest absolute Gasteiger partial charge is 0.387 e. The van der Waals surface area contributed by atoms with E-state index in [2.05, 4.69) is 20.3 Å². The van der Waals surface area contributed by atoms with Crippen molar-refractivity contribution in [2.24, 2.45) is 0 Å². The average Bonchev–Trinajstić information content (AvgIpc) is 3.24. The molecule has 1 aromatic carbocycles. The molecule has 0 radical (unpaired) electrons. The highest BCUT2D eigenvalue weighted by Gasteiger charge is 2.42. The molecule has 1 unspecified atom stereocenters. The Morgan fingerprint density at radius 2 is 1.82 bits per heavy atom. The third-order valence-corrected chi connectivity index (χ3v) is 6.19. The van der Waals surface area contributed by atoms with Crippen molar-refractivity contribution >= 4 is 17.5 Å². The van der Waals surface area contributed by atoms with Crippen molar-refractivity contribution in [3.05, 3.63) is 77.1 Å². The van der Waals surface area contributed by atoms with Crippen LogP contribution in [0.3, 0.4) is 0 Å². The number of hydrogen-bond acceptors (Lipinski definition) is 5. The van der Waals surface area contributed by atoms with Gasteiger partial charge in [0.2, 0.25) is 0 Å². The second-order valence-corrected chi connectivity index (χ2v) is 8.37. The van der Waals surface area contributed by atoms with Gasteiger partial charge >= 0.3 is 6.18 Å². The highest BCUT2D eigenvalue weighted by molar-refractivity contribution is 6.34. The molecule has 0 aliphatic heterocycles. The quantitative estimate of drug-likeness (QED) is 0.542. The molecule has 10 heteroatoms. The van der Waals surface area contributed by atoms with Crippen molar-refractivity contribution in [3.63, 3.8) is 0 Å². The number of nitrogens with zero attached hydrogens (tertiary/aromatic N) is 3.